The molecule has 0 spiro atoms. The minimum atomic E-state index is -3.91. The maximum absolute atomic E-state index is 11.9. The Labute approximate surface area is 94.6 Å². The first kappa shape index (κ1) is 16.2. The molecule has 11 heteroatoms. The molecule has 0 saturated heterocycles. The van der Waals surface area contributed by atoms with Crippen molar-refractivity contribution in [2.24, 2.45) is 11.0 Å². The summed E-state index contributed by atoms with van der Waals surface area (Å²) in [6, 6.07) is 0. The molecule has 0 rings (SSSR count). The van der Waals surface area contributed by atoms with Crippen LogP contribution in [0.4, 0.5) is 0 Å². The van der Waals surface area contributed by atoms with E-state index in [0.717, 1.165) is 10.1 Å². The van der Waals surface area contributed by atoms with Gasteiger partial charge in [0.1, 0.15) is 6.35 Å². The topological polar surface area (TPSA) is 120 Å². The molecule has 0 radical (unpaired) electrons. The van der Waals surface area contributed by atoms with E-state index in [-0.39, 0.29) is 0 Å². The van der Waals surface area contributed by atoms with Gasteiger partial charge in [0, 0.05) is 28.2 Å². The lowest BCUT2D eigenvalue weighted by atomic mass is 11.2. The lowest BCUT2D eigenvalue weighted by molar-refractivity contribution is -0.104. The molecular formula is C5H18N4O5P2. The van der Waals surface area contributed by atoms with Gasteiger partial charge in [-0.3, -0.25) is 20.1 Å². The van der Waals surface area contributed by atoms with Gasteiger partial charge in [0.2, 0.25) is 7.44 Å². The van der Waals surface area contributed by atoms with Gasteiger partial charge < -0.3 is 0 Å². The minimum Gasteiger partial charge on any atom is -0.287 e. The third-order valence-corrected chi connectivity index (χ3v) is 3.18. The van der Waals surface area contributed by atoms with Crippen molar-refractivity contribution in [3.8, 4) is 0 Å². The Morgan fingerprint density at radius 3 is 1.62 bits per heavy atom. The Bertz CT molecular complexity index is 289. The first-order chi connectivity index (χ1) is 7.04. The van der Waals surface area contributed by atoms with Gasteiger partial charge in [-0.1, -0.05) is 0 Å². The number of phosphoric acid groups is 1. The summed E-state index contributed by atoms with van der Waals surface area (Å²) >= 11 is 0. The van der Waals surface area contributed by atoms with Crippen LogP contribution >= 0.6 is 15.3 Å². The van der Waals surface area contributed by atoms with Gasteiger partial charge in [0.25, 0.3) is 0 Å². The lowest BCUT2D eigenvalue weighted by Crippen LogP contribution is -2.20. The molecule has 0 aliphatic carbocycles. The molecule has 0 atom stereocenters. The van der Waals surface area contributed by atoms with Crippen LogP contribution in [0.3, 0.4) is 0 Å². The first-order valence-electron chi connectivity index (χ1n) is 4.19. The number of nitrogens with two attached hydrogens (primary N) is 2. The van der Waals surface area contributed by atoms with Crippen LogP contribution in [0, 0.1) is 0 Å². The fourth-order valence-electron chi connectivity index (χ4n) is 0.623. The molecule has 0 aromatic rings. The predicted octanol–water partition coefficient (Wildman–Crippen LogP) is 0.165. The van der Waals surface area contributed by atoms with Crippen molar-refractivity contribution >= 4 is 15.3 Å². The second kappa shape index (κ2) is 6.20. The highest BCUT2D eigenvalue weighted by molar-refractivity contribution is 7.59. The smallest absolute Gasteiger partial charge is 0.287 e. The van der Waals surface area contributed by atoms with Gasteiger partial charge in [-0.05, 0) is 0 Å². The van der Waals surface area contributed by atoms with E-state index in [2.05, 4.69) is 0 Å². The molecule has 16 heavy (non-hydrogen) atoms. The maximum atomic E-state index is 11.9. The summed E-state index contributed by atoms with van der Waals surface area (Å²) < 4.78 is 37.3. The largest absolute Gasteiger partial charge is 0.508 e. The molecule has 0 saturated carbocycles. The molecule has 0 aliphatic heterocycles. The van der Waals surface area contributed by atoms with E-state index in [1.165, 1.54) is 28.2 Å². The fourth-order valence-corrected chi connectivity index (χ4v) is 2.83. The summed E-state index contributed by atoms with van der Waals surface area (Å²) in [5.41, 5.74) is 10.1. The molecule has 0 aromatic heterocycles. The van der Waals surface area contributed by atoms with Crippen molar-refractivity contribution in [1.82, 2.24) is 10.1 Å². The number of hydrogen-bond donors (Lipinski definition) is 2. The van der Waals surface area contributed by atoms with Gasteiger partial charge in [0.05, 0.1) is 0 Å². The molecule has 0 fully saturated rings. The third kappa shape index (κ3) is 8.35. The number of nitrogens with zero attached hydrogens (tertiary/aromatic N) is 2. The van der Waals surface area contributed by atoms with Crippen LogP contribution in [0.1, 0.15) is 0 Å². The number of hydroxylamine groups is 4. The summed E-state index contributed by atoms with van der Waals surface area (Å²) in [6.07, 6.45) is -0.605. The summed E-state index contributed by atoms with van der Waals surface area (Å²) in [5, 5.41) is 2.25. The van der Waals surface area contributed by atoms with Crippen LogP contribution in [-0.2, 0) is 22.9 Å². The molecule has 0 bridgehead atoms. The Morgan fingerprint density at radius 2 is 1.38 bits per heavy atom. The highest BCUT2D eigenvalue weighted by atomic mass is 31.2. The molecule has 0 aliphatic rings. The summed E-state index contributed by atoms with van der Waals surface area (Å²) in [7, 11) is -1.41. The van der Waals surface area contributed by atoms with Gasteiger partial charge in [-0.25, -0.2) is 4.57 Å². The average molecular weight is 276 g/mol. The second-order valence-electron chi connectivity index (χ2n) is 3.35. The molecule has 0 aromatic carbocycles. The van der Waals surface area contributed by atoms with Gasteiger partial charge in [-0.15, -0.1) is 0 Å². The highest BCUT2D eigenvalue weighted by Crippen LogP contribution is 2.52. The monoisotopic (exact) mass is 276 g/mol. The third-order valence-electron chi connectivity index (χ3n) is 0.944. The van der Waals surface area contributed by atoms with Crippen LogP contribution in [0.5, 0.6) is 0 Å². The van der Waals surface area contributed by atoms with E-state index >= 15 is 0 Å². The molecule has 0 heterocycles. The average Bonchev–Trinajstić information content (AvgIpc) is 1.96. The molecular weight excluding hydrogens is 258 g/mol. The summed E-state index contributed by atoms with van der Waals surface area (Å²) in [5.74, 6) is 0. The zero-order valence-corrected chi connectivity index (χ0v) is 11.5. The number of rotatable bonds is 7. The van der Waals surface area contributed by atoms with Gasteiger partial charge in [0.15, 0.2) is 0 Å². The van der Waals surface area contributed by atoms with E-state index in [0.29, 0.717) is 0 Å². The summed E-state index contributed by atoms with van der Waals surface area (Å²) in [4.78, 5) is 0. The SMILES string of the molecule is CN(C)OP(=O)(OCP(N)(N)=O)ON(C)C. The number of hydrogen-bond acceptors (Lipinski definition) is 7. The molecule has 0 unspecified atom stereocenters. The molecule has 98 valence electrons. The van der Waals surface area contributed by atoms with E-state index in [1.54, 1.807) is 0 Å². The standard InChI is InChI=1S/C5H18N4O5P2/c1-8(2)13-16(11,14-9(3)4)12-5-15(6,7)10/h5H2,1-4H3,(H4,6,7,10). The Balaban J connectivity index is 4.54. The van der Waals surface area contributed by atoms with E-state index in [4.69, 9.17) is 24.8 Å². The van der Waals surface area contributed by atoms with Crippen LogP contribution in [-0.4, -0.2) is 44.7 Å². The zero-order valence-electron chi connectivity index (χ0n) is 9.69. The van der Waals surface area contributed by atoms with E-state index < -0.39 is 21.6 Å². The molecule has 4 N–H and O–H groups in total. The van der Waals surface area contributed by atoms with Crippen molar-refractivity contribution in [1.29, 1.82) is 0 Å². The van der Waals surface area contributed by atoms with Gasteiger partial charge >= 0.3 is 7.82 Å². The van der Waals surface area contributed by atoms with Crippen molar-refractivity contribution in [2.75, 3.05) is 34.5 Å². The van der Waals surface area contributed by atoms with Crippen molar-refractivity contribution < 1.29 is 22.9 Å². The van der Waals surface area contributed by atoms with Crippen LogP contribution < -0.4 is 11.0 Å². The normalized spacial score (nSPS) is 13.8. The maximum Gasteiger partial charge on any atom is 0.508 e. The van der Waals surface area contributed by atoms with Crippen molar-refractivity contribution in [3.63, 3.8) is 0 Å². The first-order valence-corrected chi connectivity index (χ1v) is 7.68. The summed E-state index contributed by atoms with van der Waals surface area (Å²) in [6.45, 7) is 0. The second-order valence-corrected chi connectivity index (χ2v) is 6.79. The van der Waals surface area contributed by atoms with Crippen molar-refractivity contribution in [2.45, 2.75) is 0 Å². The van der Waals surface area contributed by atoms with Gasteiger partial charge in [-0.2, -0.15) is 19.4 Å². The Morgan fingerprint density at radius 1 is 1.00 bits per heavy atom. The Kier molecular flexibility index (Phi) is 6.27. The van der Waals surface area contributed by atoms with Crippen LogP contribution in [0.2, 0.25) is 0 Å². The highest BCUT2D eigenvalue weighted by Gasteiger charge is 2.32. The predicted molar refractivity (Wildman–Crippen MR) is 59.1 cm³/mol. The van der Waals surface area contributed by atoms with Crippen LogP contribution in [0.25, 0.3) is 0 Å². The quantitative estimate of drug-likeness (QED) is 0.494. The molecule has 9 nitrogen and oxygen atoms in total. The molecule has 0 amide bonds. The minimum absolute atomic E-state index is 0.605. The fraction of sp³-hybridized carbons (Fsp3) is 1.00. The lowest BCUT2D eigenvalue weighted by Gasteiger charge is -2.23. The zero-order chi connectivity index (χ0) is 13.0. The van der Waals surface area contributed by atoms with Crippen molar-refractivity contribution in [3.05, 3.63) is 0 Å². The Hall–Kier alpha value is 0.180. The van der Waals surface area contributed by atoms with E-state index in [1.807, 2.05) is 0 Å². The van der Waals surface area contributed by atoms with Crippen LogP contribution in [0.15, 0.2) is 0 Å². The van der Waals surface area contributed by atoms with E-state index in [9.17, 15) is 9.13 Å².